The number of ether oxygens (including phenoxy) is 1. The van der Waals surface area contributed by atoms with E-state index in [2.05, 4.69) is 5.32 Å². The molecule has 2 aromatic carbocycles. The van der Waals surface area contributed by atoms with Gasteiger partial charge in [-0.15, -0.1) is 0 Å². The van der Waals surface area contributed by atoms with Gasteiger partial charge in [0.2, 0.25) is 11.8 Å². The molecule has 0 aromatic heterocycles. The molecule has 0 fully saturated rings. The minimum absolute atomic E-state index is 0.128. The highest BCUT2D eigenvalue weighted by Crippen LogP contribution is 2.35. The van der Waals surface area contributed by atoms with Gasteiger partial charge in [-0.25, -0.2) is 0 Å². The fourth-order valence-corrected chi connectivity index (χ4v) is 3.34. The number of hydrogen-bond donors (Lipinski definition) is 1. The van der Waals surface area contributed by atoms with E-state index in [1.54, 1.807) is 38.1 Å². The molecule has 0 bridgehead atoms. The molecular formula is C22H22F3N3O4. The molecule has 1 heterocycles. The van der Waals surface area contributed by atoms with E-state index in [9.17, 15) is 27.6 Å². The zero-order chi connectivity index (χ0) is 23.5. The number of carbonyl (C=O) groups excluding carboxylic acids is 3. The molecule has 1 N–H and O–H groups in total. The summed E-state index contributed by atoms with van der Waals surface area (Å²) in [5, 5.41) is 2.22. The summed E-state index contributed by atoms with van der Waals surface area (Å²) in [6.45, 7) is 2.54. The third kappa shape index (κ3) is 5.01. The number of benzene rings is 2. The Morgan fingerprint density at radius 3 is 2.47 bits per heavy atom. The summed E-state index contributed by atoms with van der Waals surface area (Å²) in [5.74, 6) is -1.25. The van der Waals surface area contributed by atoms with Crippen molar-refractivity contribution in [2.24, 2.45) is 0 Å². The first kappa shape index (κ1) is 23.1. The smallest absolute Gasteiger partial charge is 0.418 e. The number of carbonyl (C=O) groups is 3. The van der Waals surface area contributed by atoms with Crippen LogP contribution in [0, 0.1) is 0 Å². The van der Waals surface area contributed by atoms with Crippen molar-refractivity contribution in [2.75, 3.05) is 29.9 Å². The van der Waals surface area contributed by atoms with E-state index < -0.39 is 42.1 Å². The molecule has 1 atom stereocenters. The number of alkyl halides is 3. The van der Waals surface area contributed by atoms with E-state index in [-0.39, 0.29) is 18.8 Å². The molecule has 1 aliphatic heterocycles. The summed E-state index contributed by atoms with van der Waals surface area (Å²) in [7, 11) is 0. The van der Waals surface area contributed by atoms with Crippen molar-refractivity contribution in [1.29, 1.82) is 0 Å². The number of anilines is 2. The van der Waals surface area contributed by atoms with Crippen LogP contribution in [0.4, 0.5) is 24.5 Å². The van der Waals surface area contributed by atoms with E-state index in [1.807, 2.05) is 0 Å². The minimum Gasteiger partial charge on any atom is -0.479 e. The van der Waals surface area contributed by atoms with Crippen molar-refractivity contribution in [3.8, 4) is 5.75 Å². The Morgan fingerprint density at radius 2 is 1.78 bits per heavy atom. The quantitative estimate of drug-likeness (QED) is 0.734. The van der Waals surface area contributed by atoms with Gasteiger partial charge in [0.05, 0.1) is 23.5 Å². The number of amides is 3. The first-order chi connectivity index (χ1) is 15.1. The lowest BCUT2D eigenvalue weighted by atomic mass is 10.1. The second-order valence-corrected chi connectivity index (χ2v) is 7.15. The molecule has 0 spiro atoms. The monoisotopic (exact) mass is 449 g/mol. The summed E-state index contributed by atoms with van der Waals surface area (Å²) >= 11 is 0. The minimum atomic E-state index is -4.63. The van der Waals surface area contributed by atoms with Crippen LogP contribution in [-0.2, 0) is 20.6 Å². The summed E-state index contributed by atoms with van der Waals surface area (Å²) in [4.78, 5) is 40.3. The fraction of sp³-hybridized carbons (Fsp3) is 0.318. The van der Waals surface area contributed by atoms with Crippen LogP contribution in [0.2, 0.25) is 0 Å². The van der Waals surface area contributed by atoms with Crippen LogP contribution >= 0.6 is 0 Å². The molecule has 0 saturated carbocycles. The zero-order valence-corrected chi connectivity index (χ0v) is 17.5. The standard InChI is InChI=1S/C22H22F3N3O4/c1-3-27(12-19(29)26-16-9-5-4-8-15(16)22(23,24)25)20(30)13-28-17-10-6-7-11-18(17)32-14(2)21(28)31/h4-11,14H,3,12-13H2,1-2H3,(H,26,29). The lowest BCUT2D eigenvalue weighted by Gasteiger charge is -2.33. The molecule has 1 aliphatic rings. The Kier molecular flexibility index (Phi) is 6.71. The second-order valence-electron chi connectivity index (χ2n) is 7.15. The van der Waals surface area contributed by atoms with Gasteiger partial charge in [0.15, 0.2) is 6.10 Å². The van der Waals surface area contributed by atoms with Crippen molar-refractivity contribution in [3.05, 3.63) is 54.1 Å². The molecule has 7 nitrogen and oxygen atoms in total. The third-order valence-electron chi connectivity index (χ3n) is 4.94. The van der Waals surface area contributed by atoms with Gasteiger partial charge in [-0.1, -0.05) is 24.3 Å². The zero-order valence-electron chi connectivity index (χ0n) is 17.5. The molecule has 0 aliphatic carbocycles. The molecule has 3 amide bonds. The normalized spacial score (nSPS) is 15.6. The maximum atomic E-state index is 13.1. The third-order valence-corrected chi connectivity index (χ3v) is 4.94. The van der Waals surface area contributed by atoms with Gasteiger partial charge in [0, 0.05) is 6.54 Å². The average molecular weight is 449 g/mol. The highest BCUT2D eigenvalue weighted by atomic mass is 19.4. The van der Waals surface area contributed by atoms with Crippen LogP contribution in [0.3, 0.4) is 0 Å². The van der Waals surface area contributed by atoms with Gasteiger partial charge in [-0.3, -0.25) is 19.3 Å². The van der Waals surface area contributed by atoms with Crippen LogP contribution in [0.25, 0.3) is 0 Å². The number of hydrogen-bond acceptors (Lipinski definition) is 4. The van der Waals surface area contributed by atoms with Crippen LogP contribution in [0.1, 0.15) is 19.4 Å². The predicted octanol–water partition coefficient (Wildman–Crippen LogP) is 3.31. The molecule has 2 aromatic rings. The summed E-state index contributed by atoms with van der Waals surface area (Å²) < 4.78 is 45.0. The molecular weight excluding hydrogens is 427 g/mol. The SMILES string of the molecule is CCN(CC(=O)Nc1ccccc1C(F)(F)F)C(=O)CN1C(=O)C(C)Oc2ccccc21. The maximum absolute atomic E-state index is 13.1. The average Bonchev–Trinajstić information content (AvgIpc) is 2.74. The highest BCUT2D eigenvalue weighted by Gasteiger charge is 2.35. The Bertz CT molecular complexity index is 1030. The Hall–Kier alpha value is -3.56. The summed E-state index contributed by atoms with van der Waals surface area (Å²) in [6.07, 6.45) is -5.42. The first-order valence-corrected chi connectivity index (χ1v) is 9.92. The molecule has 1 unspecified atom stereocenters. The van der Waals surface area contributed by atoms with Gasteiger partial charge in [0.1, 0.15) is 12.3 Å². The van der Waals surface area contributed by atoms with Crippen molar-refractivity contribution in [2.45, 2.75) is 26.1 Å². The number of nitrogens with zero attached hydrogens (tertiary/aromatic N) is 2. The number of nitrogens with one attached hydrogen (secondary N) is 1. The maximum Gasteiger partial charge on any atom is 0.418 e. The van der Waals surface area contributed by atoms with Crippen LogP contribution < -0.4 is 15.0 Å². The number of rotatable bonds is 6. The summed E-state index contributed by atoms with van der Waals surface area (Å²) in [6, 6.07) is 11.4. The van der Waals surface area contributed by atoms with Crippen molar-refractivity contribution < 1.29 is 32.3 Å². The largest absolute Gasteiger partial charge is 0.479 e. The lowest BCUT2D eigenvalue weighted by Crippen LogP contribution is -2.50. The van der Waals surface area contributed by atoms with Crippen molar-refractivity contribution in [3.63, 3.8) is 0 Å². The van der Waals surface area contributed by atoms with Crippen molar-refractivity contribution >= 4 is 29.1 Å². The lowest BCUT2D eigenvalue weighted by molar-refractivity contribution is -0.137. The van der Waals surface area contributed by atoms with Gasteiger partial charge < -0.3 is 15.0 Å². The topological polar surface area (TPSA) is 79.0 Å². The molecule has 170 valence electrons. The Labute approximate surface area is 182 Å². The number of fused-ring (bicyclic) bond motifs is 1. The van der Waals surface area contributed by atoms with Crippen LogP contribution in [0.5, 0.6) is 5.75 Å². The molecule has 3 rings (SSSR count). The van der Waals surface area contributed by atoms with Gasteiger partial charge in [0.25, 0.3) is 5.91 Å². The van der Waals surface area contributed by atoms with Crippen molar-refractivity contribution in [1.82, 2.24) is 4.90 Å². The Morgan fingerprint density at radius 1 is 1.12 bits per heavy atom. The predicted molar refractivity (Wildman–Crippen MR) is 111 cm³/mol. The van der Waals surface area contributed by atoms with E-state index in [0.29, 0.717) is 11.4 Å². The fourth-order valence-electron chi connectivity index (χ4n) is 3.34. The first-order valence-electron chi connectivity index (χ1n) is 9.92. The van der Waals surface area contributed by atoms with E-state index in [1.165, 1.54) is 21.9 Å². The van der Waals surface area contributed by atoms with Gasteiger partial charge in [-0.2, -0.15) is 13.2 Å². The number of likely N-dealkylation sites (N-methyl/N-ethyl adjacent to an activating group) is 1. The molecule has 32 heavy (non-hydrogen) atoms. The van der Waals surface area contributed by atoms with Gasteiger partial charge in [-0.05, 0) is 38.1 Å². The number of para-hydroxylation sites is 3. The number of halogens is 3. The molecule has 0 radical (unpaired) electrons. The van der Waals surface area contributed by atoms with Crippen LogP contribution in [0.15, 0.2) is 48.5 Å². The highest BCUT2D eigenvalue weighted by molar-refractivity contribution is 6.04. The van der Waals surface area contributed by atoms with E-state index >= 15 is 0 Å². The second kappa shape index (κ2) is 9.29. The molecule has 0 saturated heterocycles. The van der Waals surface area contributed by atoms with E-state index in [4.69, 9.17) is 4.74 Å². The van der Waals surface area contributed by atoms with Gasteiger partial charge >= 0.3 is 6.18 Å². The molecule has 10 heteroatoms. The van der Waals surface area contributed by atoms with Crippen LogP contribution in [-0.4, -0.2) is 48.4 Å². The summed E-state index contributed by atoms with van der Waals surface area (Å²) in [5.41, 5.74) is -0.935. The Balaban J connectivity index is 1.71. The van der Waals surface area contributed by atoms with E-state index in [0.717, 1.165) is 12.1 Å².